The number of amides is 1. The van der Waals surface area contributed by atoms with Crippen LogP contribution >= 0.6 is 0 Å². The van der Waals surface area contributed by atoms with Crippen LogP contribution < -0.4 is 20.8 Å². The molecular weight excluding hydrogens is 432 g/mol. The molecule has 4 rings (SSSR count). The van der Waals surface area contributed by atoms with E-state index in [1.807, 2.05) is 18.2 Å². The minimum Gasteiger partial charge on any atom is -0.457 e. The summed E-state index contributed by atoms with van der Waals surface area (Å²) in [6.07, 6.45) is 2.69. The number of para-hydroxylation sites is 1. The molecular formula is C22H20N4O5S. The molecule has 0 aliphatic heterocycles. The van der Waals surface area contributed by atoms with Crippen molar-refractivity contribution in [2.75, 3.05) is 11.0 Å². The number of carbonyl (C=O) groups excluding carboxylic acids is 1. The van der Waals surface area contributed by atoms with Crippen LogP contribution in [0.25, 0.3) is 17.3 Å². The minimum absolute atomic E-state index is 0.100. The third-order valence-corrected chi connectivity index (χ3v) is 5.50. The number of hydrogen-bond donors (Lipinski definition) is 2. The number of nitrogens with two attached hydrogens (primary N) is 1. The normalized spacial score (nSPS) is 12.8. The summed E-state index contributed by atoms with van der Waals surface area (Å²) in [6, 6.07) is 13.8. The number of nitrogens with zero attached hydrogens (tertiary/aromatic N) is 2. The fourth-order valence-electron chi connectivity index (χ4n) is 3.50. The standard InChI is InChI=1S/C22H20N4O5S/c1-26-22(28)17-11-13(21(23)27)10-16(17)20(24-26)18-12-14(25-32(2,29)30)8-9-19(18)31-15-6-4-3-5-7-15/h3-10,12,25H,11H2,1-2H3,(H2,23,27). The van der Waals surface area contributed by atoms with Crippen molar-refractivity contribution in [3.05, 3.63) is 75.6 Å². The first kappa shape index (κ1) is 21.3. The Kier molecular flexibility index (Phi) is 5.31. The van der Waals surface area contributed by atoms with E-state index in [1.54, 1.807) is 36.4 Å². The van der Waals surface area contributed by atoms with Gasteiger partial charge in [0.15, 0.2) is 0 Å². The highest BCUT2D eigenvalue weighted by molar-refractivity contribution is 7.92. The fourth-order valence-corrected chi connectivity index (χ4v) is 4.05. The first-order chi connectivity index (χ1) is 15.1. The number of carbonyl (C=O) groups is 1. The highest BCUT2D eigenvalue weighted by atomic mass is 32.2. The second-order valence-corrected chi connectivity index (χ2v) is 9.13. The van der Waals surface area contributed by atoms with Gasteiger partial charge in [0, 0.05) is 41.4 Å². The van der Waals surface area contributed by atoms with Crippen LogP contribution in [0.3, 0.4) is 0 Å². The van der Waals surface area contributed by atoms with Crippen molar-refractivity contribution >= 4 is 27.7 Å². The second-order valence-electron chi connectivity index (χ2n) is 7.38. The lowest BCUT2D eigenvalue weighted by atomic mass is 10.0. The van der Waals surface area contributed by atoms with Gasteiger partial charge in [-0.05, 0) is 36.4 Å². The van der Waals surface area contributed by atoms with Gasteiger partial charge in [-0.2, -0.15) is 5.10 Å². The zero-order chi connectivity index (χ0) is 23.0. The van der Waals surface area contributed by atoms with Gasteiger partial charge in [0.25, 0.3) is 5.56 Å². The van der Waals surface area contributed by atoms with Crippen molar-refractivity contribution in [3.63, 3.8) is 0 Å². The summed E-state index contributed by atoms with van der Waals surface area (Å²) in [6.45, 7) is 0. The molecule has 3 aromatic rings. The summed E-state index contributed by atoms with van der Waals surface area (Å²) in [5, 5.41) is 4.40. The van der Waals surface area contributed by atoms with Gasteiger partial charge in [-0.1, -0.05) is 18.2 Å². The Morgan fingerprint density at radius 1 is 1.19 bits per heavy atom. The number of benzene rings is 2. The summed E-state index contributed by atoms with van der Waals surface area (Å²) in [7, 11) is -2.03. The highest BCUT2D eigenvalue weighted by Crippen LogP contribution is 2.39. The average Bonchev–Trinajstić information content (AvgIpc) is 3.18. The Morgan fingerprint density at radius 2 is 1.91 bits per heavy atom. The Hall–Kier alpha value is -3.92. The van der Waals surface area contributed by atoms with E-state index < -0.39 is 15.9 Å². The van der Waals surface area contributed by atoms with Crippen LogP contribution in [-0.4, -0.2) is 30.4 Å². The largest absolute Gasteiger partial charge is 0.457 e. The van der Waals surface area contributed by atoms with Crippen LogP contribution in [0, 0.1) is 0 Å². The summed E-state index contributed by atoms with van der Waals surface area (Å²) in [5.74, 6) is 0.333. The van der Waals surface area contributed by atoms with Crippen LogP contribution in [0.5, 0.6) is 11.5 Å². The Bertz CT molecular complexity index is 1430. The van der Waals surface area contributed by atoms with Crippen LogP contribution in [0.4, 0.5) is 5.69 Å². The molecule has 0 unspecified atom stereocenters. The maximum Gasteiger partial charge on any atom is 0.270 e. The quantitative estimate of drug-likeness (QED) is 0.588. The first-order valence-corrected chi connectivity index (χ1v) is 11.5. The molecule has 0 saturated heterocycles. The third kappa shape index (κ3) is 4.26. The van der Waals surface area contributed by atoms with Crippen molar-refractivity contribution in [3.8, 4) is 22.8 Å². The van der Waals surface area contributed by atoms with E-state index in [-0.39, 0.29) is 12.0 Å². The van der Waals surface area contributed by atoms with Crippen LogP contribution in [0.15, 0.2) is 58.9 Å². The van der Waals surface area contributed by atoms with E-state index in [0.29, 0.717) is 45.1 Å². The lowest BCUT2D eigenvalue weighted by Crippen LogP contribution is -2.25. The van der Waals surface area contributed by atoms with Crippen LogP contribution in [0.1, 0.15) is 11.1 Å². The van der Waals surface area contributed by atoms with Gasteiger partial charge < -0.3 is 10.5 Å². The molecule has 0 spiro atoms. The molecule has 1 amide bonds. The van der Waals surface area contributed by atoms with E-state index in [4.69, 9.17) is 10.5 Å². The summed E-state index contributed by atoms with van der Waals surface area (Å²) < 4.78 is 33.2. The SMILES string of the molecule is Cn1nc(-c2cc(NS(C)(=O)=O)ccc2Oc2ccccc2)c2c(c1=O)CC(C(N)=O)=C2. The molecule has 1 aromatic heterocycles. The maximum atomic E-state index is 12.6. The lowest BCUT2D eigenvalue weighted by Gasteiger charge is -2.16. The molecule has 0 saturated carbocycles. The number of aryl methyl sites for hydroxylation is 1. The van der Waals surface area contributed by atoms with Gasteiger partial charge in [-0.25, -0.2) is 13.1 Å². The van der Waals surface area contributed by atoms with Gasteiger partial charge in [-0.3, -0.25) is 14.3 Å². The lowest BCUT2D eigenvalue weighted by molar-refractivity contribution is -0.114. The summed E-state index contributed by atoms with van der Waals surface area (Å²) in [4.78, 5) is 24.4. The predicted molar refractivity (Wildman–Crippen MR) is 121 cm³/mol. The highest BCUT2D eigenvalue weighted by Gasteiger charge is 2.26. The molecule has 0 bridgehead atoms. The third-order valence-electron chi connectivity index (χ3n) is 4.89. The van der Waals surface area contributed by atoms with E-state index >= 15 is 0 Å². The molecule has 0 fully saturated rings. The van der Waals surface area contributed by atoms with Crippen molar-refractivity contribution < 1.29 is 17.9 Å². The second kappa shape index (κ2) is 7.97. The van der Waals surface area contributed by atoms with Crippen molar-refractivity contribution in [2.45, 2.75) is 6.42 Å². The Balaban J connectivity index is 1.94. The maximum absolute atomic E-state index is 12.6. The first-order valence-electron chi connectivity index (χ1n) is 9.58. The van der Waals surface area contributed by atoms with Crippen molar-refractivity contribution in [1.82, 2.24) is 9.78 Å². The number of primary amides is 1. The van der Waals surface area contributed by atoms with E-state index in [1.165, 1.54) is 11.7 Å². The number of hydrogen-bond acceptors (Lipinski definition) is 6. The van der Waals surface area contributed by atoms with Crippen LogP contribution in [-0.2, 0) is 28.3 Å². The topological polar surface area (TPSA) is 133 Å². The molecule has 10 heteroatoms. The monoisotopic (exact) mass is 452 g/mol. The zero-order valence-electron chi connectivity index (χ0n) is 17.3. The number of nitrogens with one attached hydrogen (secondary N) is 1. The Labute approximate surface area is 184 Å². The van der Waals surface area contributed by atoms with Crippen molar-refractivity contribution in [1.29, 1.82) is 0 Å². The van der Waals surface area contributed by atoms with Gasteiger partial charge in [-0.15, -0.1) is 0 Å². The minimum atomic E-state index is -3.53. The average molecular weight is 452 g/mol. The molecule has 1 heterocycles. The molecule has 9 nitrogen and oxygen atoms in total. The zero-order valence-corrected chi connectivity index (χ0v) is 18.1. The molecule has 32 heavy (non-hydrogen) atoms. The van der Waals surface area contributed by atoms with Gasteiger partial charge in [0.05, 0.1) is 6.26 Å². The number of fused-ring (bicyclic) bond motifs is 1. The number of ether oxygens (including phenoxy) is 1. The summed E-state index contributed by atoms with van der Waals surface area (Å²) in [5.41, 5.74) is 7.34. The molecule has 2 aromatic carbocycles. The van der Waals surface area contributed by atoms with Gasteiger partial charge >= 0.3 is 0 Å². The smallest absolute Gasteiger partial charge is 0.270 e. The Morgan fingerprint density at radius 3 is 2.56 bits per heavy atom. The molecule has 164 valence electrons. The predicted octanol–water partition coefficient (Wildman–Crippen LogP) is 2.04. The summed E-state index contributed by atoms with van der Waals surface area (Å²) >= 11 is 0. The van der Waals surface area contributed by atoms with Gasteiger partial charge in [0.2, 0.25) is 15.9 Å². The molecule has 0 radical (unpaired) electrons. The number of aromatic nitrogens is 2. The van der Waals surface area contributed by atoms with Crippen molar-refractivity contribution in [2.24, 2.45) is 12.8 Å². The number of rotatable bonds is 6. The van der Waals surface area contributed by atoms with E-state index in [9.17, 15) is 18.0 Å². The number of sulfonamides is 1. The molecule has 1 aliphatic rings. The van der Waals surface area contributed by atoms with E-state index in [2.05, 4.69) is 9.82 Å². The fraction of sp³-hybridized carbons (Fsp3) is 0.136. The van der Waals surface area contributed by atoms with Crippen LogP contribution in [0.2, 0.25) is 0 Å². The molecule has 0 atom stereocenters. The van der Waals surface area contributed by atoms with Gasteiger partial charge in [0.1, 0.15) is 17.2 Å². The molecule has 1 aliphatic carbocycles. The van der Waals surface area contributed by atoms with E-state index in [0.717, 1.165) is 6.26 Å². The molecule has 3 N–H and O–H groups in total. The number of anilines is 1.